The van der Waals surface area contributed by atoms with Crippen molar-refractivity contribution < 1.29 is 38.4 Å². The molecule has 0 radical (unpaired) electrons. The molecule has 2 amide bonds. The Morgan fingerprint density at radius 1 is 0.800 bits per heavy atom. The Kier molecular flexibility index (Phi) is 9.85. The highest BCUT2D eigenvalue weighted by molar-refractivity contribution is 6.10. The van der Waals surface area contributed by atoms with Gasteiger partial charge in [-0.1, -0.05) is 12.1 Å². The maximum atomic E-state index is 12.9. The molecule has 10 nitrogen and oxygen atoms in total. The van der Waals surface area contributed by atoms with Crippen LogP contribution in [0, 0.1) is 0 Å². The van der Waals surface area contributed by atoms with E-state index in [4.69, 9.17) is 24.7 Å². The number of benzene rings is 2. The van der Waals surface area contributed by atoms with Gasteiger partial charge in [0, 0.05) is 18.7 Å². The van der Waals surface area contributed by atoms with E-state index in [1.165, 1.54) is 40.6 Å². The van der Waals surface area contributed by atoms with E-state index in [0.29, 0.717) is 39.0 Å². The number of methoxy groups -OCH3 is 4. The minimum absolute atomic E-state index is 0.443. The molecule has 0 spiro atoms. The summed E-state index contributed by atoms with van der Waals surface area (Å²) < 4.78 is 20.8. The molecule has 2 aromatic carbocycles. The molecular weight excluding hydrogens is 456 g/mol. The molecule has 1 atom stereocenters. The van der Waals surface area contributed by atoms with Crippen LogP contribution in [-0.2, 0) is 14.4 Å². The first-order valence-corrected chi connectivity index (χ1v) is 10.4. The highest BCUT2D eigenvalue weighted by atomic mass is 16.5. The van der Waals surface area contributed by atoms with E-state index >= 15 is 0 Å². The maximum absolute atomic E-state index is 12.9. The number of imide groups is 1. The molecule has 0 aliphatic carbocycles. The normalized spacial score (nSPS) is 11.8. The van der Waals surface area contributed by atoms with Gasteiger partial charge in [0.15, 0.2) is 23.0 Å². The van der Waals surface area contributed by atoms with Crippen molar-refractivity contribution in [3.05, 3.63) is 59.7 Å². The van der Waals surface area contributed by atoms with Gasteiger partial charge in [-0.05, 0) is 47.5 Å². The molecule has 0 saturated carbocycles. The average molecular weight is 485 g/mol. The first kappa shape index (κ1) is 26.9. The topological polar surface area (TPSA) is 138 Å². The largest absolute Gasteiger partial charge is 0.493 e. The maximum Gasteiger partial charge on any atom is 0.328 e. The summed E-state index contributed by atoms with van der Waals surface area (Å²) in [6.45, 7) is -0.457. The zero-order valence-corrected chi connectivity index (χ0v) is 19.9. The van der Waals surface area contributed by atoms with E-state index < -0.39 is 30.4 Å². The predicted molar refractivity (Wildman–Crippen MR) is 129 cm³/mol. The van der Waals surface area contributed by atoms with Crippen LogP contribution in [0.4, 0.5) is 0 Å². The second-order valence-corrected chi connectivity index (χ2v) is 7.03. The van der Waals surface area contributed by atoms with E-state index in [9.17, 15) is 19.5 Å². The summed E-state index contributed by atoms with van der Waals surface area (Å²) in [4.78, 5) is 38.1. The summed E-state index contributed by atoms with van der Waals surface area (Å²) in [5.41, 5.74) is 6.71. The van der Waals surface area contributed by atoms with E-state index in [1.54, 1.807) is 36.4 Å². The molecule has 0 bridgehead atoms. The van der Waals surface area contributed by atoms with E-state index in [2.05, 4.69) is 0 Å². The summed E-state index contributed by atoms with van der Waals surface area (Å²) >= 11 is 0. The van der Waals surface area contributed by atoms with Gasteiger partial charge < -0.3 is 29.8 Å². The van der Waals surface area contributed by atoms with Crippen molar-refractivity contribution in [2.45, 2.75) is 6.04 Å². The van der Waals surface area contributed by atoms with Gasteiger partial charge in [0.2, 0.25) is 0 Å². The number of nitrogens with two attached hydrogens (primary N) is 1. The first-order chi connectivity index (χ1) is 16.8. The molecule has 1 unspecified atom stereocenters. The van der Waals surface area contributed by atoms with E-state index in [0.717, 1.165) is 12.2 Å². The van der Waals surface area contributed by atoms with Crippen molar-refractivity contribution in [3.8, 4) is 23.0 Å². The quantitative estimate of drug-likeness (QED) is 0.460. The molecule has 10 heteroatoms. The molecule has 0 fully saturated rings. The van der Waals surface area contributed by atoms with Gasteiger partial charge in [0.1, 0.15) is 6.04 Å². The SMILES string of the molecule is COc1ccc(C=CC(=O)N(C(=O)C=Cc2ccc(OC)c(OC)c2)C(CN)C(=O)O)cc1OC. The summed E-state index contributed by atoms with van der Waals surface area (Å²) in [6.07, 6.45) is 5.04. The van der Waals surface area contributed by atoms with Crippen LogP contribution in [0.5, 0.6) is 23.0 Å². The number of hydrogen-bond acceptors (Lipinski definition) is 8. The van der Waals surface area contributed by atoms with Gasteiger partial charge in [-0.25, -0.2) is 4.79 Å². The summed E-state index contributed by atoms with van der Waals surface area (Å²) in [5.74, 6) is -1.21. The standard InChI is InChI=1S/C25H28N2O8/c1-32-19-9-5-16(13-21(19)34-3)7-11-23(28)27(18(15-26)25(30)31)24(29)12-8-17-6-10-20(33-2)22(14-17)35-4/h5-14,18H,15,26H2,1-4H3,(H,30,31). The highest BCUT2D eigenvalue weighted by Crippen LogP contribution is 2.29. The van der Waals surface area contributed by atoms with Crippen molar-refractivity contribution in [2.24, 2.45) is 5.73 Å². The Hall–Kier alpha value is -4.31. The Balaban J connectivity index is 2.33. The number of hydrogen-bond donors (Lipinski definition) is 2. The van der Waals surface area contributed by atoms with Crippen molar-refractivity contribution >= 4 is 29.9 Å². The number of aliphatic carboxylic acids is 1. The first-order valence-electron chi connectivity index (χ1n) is 10.4. The van der Waals surface area contributed by atoms with Gasteiger partial charge in [0.05, 0.1) is 28.4 Å². The number of nitrogens with zero attached hydrogens (tertiary/aromatic N) is 1. The molecular formula is C25H28N2O8. The van der Waals surface area contributed by atoms with Crippen LogP contribution in [0.2, 0.25) is 0 Å². The molecule has 2 rings (SSSR count). The van der Waals surface area contributed by atoms with Crippen molar-refractivity contribution in [1.29, 1.82) is 0 Å². The van der Waals surface area contributed by atoms with Crippen molar-refractivity contribution in [3.63, 3.8) is 0 Å². The lowest BCUT2D eigenvalue weighted by atomic mass is 10.1. The van der Waals surface area contributed by atoms with E-state index in [-0.39, 0.29) is 0 Å². The molecule has 2 aromatic rings. The van der Waals surface area contributed by atoms with Crippen LogP contribution in [0.25, 0.3) is 12.2 Å². The van der Waals surface area contributed by atoms with Gasteiger partial charge in [-0.15, -0.1) is 0 Å². The average Bonchev–Trinajstić information content (AvgIpc) is 2.87. The second-order valence-electron chi connectivity index (χ2n) is 7.03. The van der Waals surface area contributed by atoms with Gasteiger partial charge >= 0.3 is 5.97 Å². The molecule has 0 aromatic heterocycles. The molecule has 0 aliphatic rings. The fourth-order valence-electron chi connectivity index (χ4n) is 3.14. The van der Waals surface area contributed by atoms with Crippen molar-refractivity contribution in [2.75, 3.05) is 35.0 Å². The number of rotatable bonds is 11. The number of amides is 2. The zero-order valence-electron chi connectivity index (χ0n) is 19.9. The highest BCUT2D eigenvalue weighted by Gasteiger charge is 2.31. The summed E-state index contributed by atoms with van der Waals surface area (Å²) in [5, 5.41) is 9.53. The lowest BCUT2D eigenvalue weighted by Crippen LogP contribution is -2.51. The third-order valence-corrected chi connectivity index (χ3v) is 4.95. The molecule has 0 aliphatic heterocycles. The smallest absolute Gasteiger partial charge is 0.328 e. The Labute approximate surface area is 203 Å². The number of carboxylic acids is 1. The fraction of sp³-hybridized carbons (Fsp3) is 0.240. The lowest BCUT2D eigenvalue weighted by Gasteiger charge is -2.24. The van der Waals surface area contributed by atoms with Crippen LogP contribution < -0.4 is 24.7 Å². The molecule has 186 valence electrons. The third-order valence-electron chi connectivity index (χ3n) is 4.95. The number of carboxylic acid groups (broad SMARTS) is 1. The molecule has 3 N–H and O–H groups in total. The predicted octanol–water partition coefficient (Wildman–Crippen LogP) is 2.21. The molecule has 35 heavy (non-hydrogen) atoms. The second kappa shape index (κ2) is 12.8. The Morgan fingerprint density at radius 3 is 1.51 bits per heavy atom. The summed E-state index contributed by atoms with van der Waals surface area (Å²) in [7, 11) is 5.93. The van der Waals surface area contributed by atoms with Crippen LogP contribution in [0.15, 0.2) is 48.6 Å². The lowest BCUT2D eigenvalue weighted by molar-refractivity contribution is -0.153. The fourth-order valence-corrected chi connectivity index (χ4v) is 3.14. The van der Waals surface area contributed by atoms with Crippen molar-refractivity contribution in [1.82, 2.24) is 4.90 Å². The number of ether oxygens (including phenoxy) is 4. The Morgan fingerprint density at radius 2 is 1.20 bits per heavy atom. The monoisotopic (exact) mass is 484 g/mol. The zero-order chi connectivity index (χ0) is 26.0. The van der Waals surface area contributed by atoms with Crippen LogP contribution in [-0.4, -0.2) is 68.8 Å². The Bertz CT molecular complexity index is 1050. The van der Waals surface area contributed by atoms with E-state index in [1.807, 2.05) is 0 Å². The third kappa shape index (κ3) is 6.84. The molecule has 0 saturated heterocycles. The minimum atomic E-state index is -1.56. The van der Waals surface area contributed by atoms with Crippen LogP contribution >= 0.6 is 0 Å². The number of carbonyl (C=O) groups excluding carboxylic acids is 2. The minimum Gasteiger partial charge on any atom is -0.493 e. The van der Waals surface area contributed by atoms with Gasteiger partial charge in [0.25, 0.3) is 11.8 Å². The summed E-state index contributed by atoms with van der Waals surface area (Å²) in [6, 6.07) is 8.35. The van der Waals surface area contributed by atoms with Gasteiger partial charge in [-0.3, -0.25) is 14.5 Å². The number of carbonyl (C=O) groups is 3. The molecule has 0 heterocycles. The van der Waals surface area contributed by atoms with Crippen LogP contribution in [0.1, 0.15) is 11.1 Å². The van der Waals surface area contributed by atoms with Crippen LogP contribution in [0.3, 0.4) is 0 Å². The van der Waals surface area contributed by atoms with Gasteiger partial charge in [-0.2, -0.15) is 0 Å².